The van der Waals surface area contributed by atoms with Crippen molar-refractivity contribution in [3.8, 4) is 0 Å². The van der Waals surface area contributed by atoms with Crippen molar-refractivity contribution in [1.29, 1.82) is 0 Å². The lowest BCUT2D eigenvalue weighted by molar-refractivity contribution is -0.127. The maximum absolute atomic E-state index is 13.1. The smallest absolute Gasteiger partial charge is 0.166 e. The van der Waals surface area contributed by atoms with Crippen LogP contribution >= 0.6 is 23.5 Å². The van der Waals surface area contributed by atoms with E-state index in [9.17, 15) is 14.4 Å². The van der Waals surface area contributed by atoms with E-state index in [1.54, 1.807) is 0 Å². The molecule has 0 spiro atoms. The largest absolute Gasteiger partial charge is 0.302 e. The number of aldehydes is 1. The van der Waals surface area contributed by atoms with Crippen LogP contribution in [0.4, 0.5) is 0 Å². The first-order chi connectivity index (χ1) is 12.2. The third kappa shape index (κ3) is 3.18. The molecular formula is C18H20N2O3S2. The molecule has 3 aliphatic rings. The van der Waals surface area contributed by atoms with E-state index >= 15 is 0 Å². The molecule has 0 aromatic heterocycles. The van der Waals surface area contributed by atoms with Crippen molar-refractivity contribution in [2.45, 2.75) is 35.4 Å². The quantitative estimate of drug-likeness (QED) is 0.736. The van der Waals surface area contributed by atoms with Gasteiger partial charge in [0, 0.05) is 17.7 Å². The monoisotopic (exact) mass is 376 g/mol. The molecule has 2 aliphatic heterocycles. The fraction of sp³-hybridized carbons (Fsp3) is 0.500. The maximum atomic E-state index is 13.1. The van der Waals surface area contributed by atoms with Crippen molar-refractivity contribution in [1.82, 2.24) is 10.6 Å². The standard InChI is InChI=1S/C18H20N2O3S2/c21-7-13-17(24-8-19-13)16(23)14-18(25-9-20-14)15(22)12-5-10-3-1-2-4-11(10)6-12/h1-4,7,12-14,17-20H,5-6,8-9H2/t13-,14-,17?,18?/m1/s1. The van der Waals surface area contributed by atoms with Crippen LogP contribution in [0.3, 0.4) is 0 Å². The Labute approximate surface area is 155 Å². The second-order valence-corrected chi connectivity index (χ2v) is 8.95. The number of benzene rings is 1. The summed E-state index contributed by atoms with van der Waals surface area (Å²) >= 11 is 2.97. The van der Waals surface area contributed by atoms with Gasteiger partial charge < -0.3 is 4.79 Å². The topological polar surface area (TPSA) is 75.3 Å². The molecule has 0 radical (unpaired) electrons. The summed E-state index contributed by atoms with van der Waals surface area (Å²) in [5.74, 6) is 1.30. The van der Waals surface area contributed by atoms with Crippen LogP contribution in [0.1, 0.15) is 11.1 Å². The Morgan fingerprint density at radius 1 is 0.960 bits per heavy atom. The lowest BCUT2D eigenvalue weighted by Gasteiger charge is -2.23. The van der Waals surface area contributed by atoms with Crippen molar-refractivity contribution in [3.05, 3.63) is 35.4 Å². The van der Waals surface area contributed by atoms with Crippen LogP contribution in [0.5, 0.6) is 0 Å². The summed E-state index contributed by atoms with van der Waals surface area (Å²) in [5, 5.41) is 5.47. The first-order valence-corrected chi connectivity index (χ1v) is 10.6. The Hall–Kier alpha value is -1.15. The number of nitrogens with one attached hydrogen (secondary N) is 2. The fourth-order valence-electron chi connectivity index (χ4n) is 3.92. The Bertz CT molecular complexity index is 686. The zero-order valence-corrected chi connectivity index (χ0v) is 15.3. The zero-order chi connectivity index (χ0) is 17.4. The number of carbonyl (C=O) groups is 3. The van der Waals surface area contributed by atoms with E-state index in [0.29, 0.717) is 11.8 Å². The van der Waals surface area contributed by atoms with Crippen LogP contribution in [0, 0.1) is 5.92 Å². The highest BCUT2D eigenvalue weighted by molar-refractivity contribution is 8.01. The molecule has 1 aromatic rings. The molecule has 132 valence electrons. The Balaban J connectivity index is 1.47. The van der Waals surface area contributed by atoms with Crippen LogP contribution < -0.4 is 10.6 Å². The third-order valence-corrected chi connectivity index (χ3v) is 7.66. The second-order valence-electron chi connectivity index (χ2n) is 6.69. The summed E-state index contributed by atoms with van der Waals surface area (Å²) in [5.41, 5.74) is 2.49. The molecule has 0 bridgehead atoms. The van der Waals surface area contributed by atoms with Crippen molar-refractivity contribution in [3.63, 3.8) is 0 Å². The lowest BCUT2D eigenvalue weighted by Crippen LogP contribution is -2.50. The Morgan fingerprint density at radius 2 is 1.60 bits per heavy atom. The number of carbonyl (C=O) groups excluding carboxylic acids is 3. The number of hydrogen-bond acceptors (Lipinski definition) is 7. The Morgan fingerprint density at radius 3 is 2.28 bits per heavy atom. The van der Waals surface area contributed by atoms with Gasteiger partial charge in [0.05, 0.1) is 22.6 Å². The van der Waals surface area contributed by atoms with Crippen LogP contribution in [0.15, 0.2) is 24.3 Å². The van der Waals surface area contributed by atoms with Crippen LogP contribution in [-0.2, 0) is 27.2 Å². The average Bonchev–Trinajstić information content (AvgIpc) is 3.38. The summed E-state index contributed by atoms with van der Waals surface area (Å²) in [6.07, 6.45) is 2.34. The van der Waals surface area contributed by atoms with E-state index in [1.807, 2.05) is 12.1 Å². The molecule has 1 aromatic carbocycles. The van der Waals surface area contributed by atoms with Gasteiger partial charge in [-0.05, 0) is 24.0 Å². The lowest BCUT2D eigenvalue weighted by atomic mass is 9.92. The van der Waals surface area contributed by atoms with Gasteiger partial charge in [-0.15, -0.1) is 23.5 Å². The van der Waals surface area contributed by atoms with Gasteiger partial charge in [0.1, 0.15) is 6.29 Å². The number of rotatable bonds is 5. The average molecular weight is 377 g/mol. The van der Waals surface area contributed by atoms with Crippen LogP contribution in [0.25, 0.3) is 0 Å². The van der Waals surface area contributed by atoms with E-state index < -0.39 is 17.3 Å². The van der Waals surface area contributed by atoms with Crippen molar-refractivity contribution >= 4 is 41.4 Å². The number of hydrogen-bond donors (Lipinski definition) is 2. The van der Waals surface area contributed by atoms with Gasteiger partial charge >= 0.3 is 0 Å². The summed E-state index contributed by atoms with van der Waals surface area (Å²) in [7, 11) is 0. The highest BCUT2D eigenvalue weighted by Gasteiger charge is 2.46. The van der Waals surface area contributed by atoms with Crippen molar-refractivity contribution in [2.75, 3.05) is 11.8 Å². The number of fused-ring (bicyclic) bond motifs is 1. The van der Waals surface area contributed by atoms with Crippen molar-refractivity contribution in [2.24, 2.45) is 5.92 Å². The van der Waals surface area contributed by atoms with E-state index in [0.717, 1.165) is 19.1 Å². The van der Waals surface area contributed by atoms with Crippen LogP contribution in [-0.4, -0.2) is 52.2 Å². The van der Waals surface area contributed by atoms with Crippen molar-refractivity contribution < 1.29 is 14.4 Å². The molecule has 4 rings (SSSR count). The van der Waals surface area contributed by atoms with Gasteiger partial charge in [-0.25, -0.2) is 0 Å². The molecule has 2 unspecified atom stereocenters. The molecule has 7 heteroatoms. The van der Waals surface area contributed by atoms with Gasteiger partial charge in [-0.2, -0.15) is 0 Å². The molecule has 5 nitrogen and oxygen atoms in total. The summed E-state index contributed by atoms with van der Waals surface area (Å²) < 4.78 is 0. The first-order valence-electron chi connectivity index (χ1n) is 8.48. The maximum Gasteiger partial charge on any atom is 0.166 e. The predicted molar refractivity (Wildman–Crippen MR) is 99.8 cm³/mol. The molecule has 1 aliphatic carbocycles. The van der Waals surface area contributed by atoms with E-state index in [-0.39, 0.29) is 22.7 Å². The van der Waals surface area contributed by atoms with Gasteiger partial charge in [0.15, 0.2) is 11.6 Å². The number of thioether (sulfide) groups is 2. The second kappa shape index (κ2) is 7.23. The molecular weight excluding hydrogens is 356 g/mol. The SMILES string of the molecule is O=C[C@H]1NCSC1C(=O)[C@H]1NCSC1C(=O)C1Cc2ccccc2C1. The van der Waals surface area contributed by atoms with Gasteiger partial charge in [-0.1, -0.05) is 24.3 Å². The van der Waals surface area contributed by atoms with E-state index in [2.05, 4.69) is 22.8 Å². The van der Waals surface area contributed by atoms with Gasteiger partial charge in [-0.3, -0.25) is 20.2 Å². The molecule has 2 fully saturated rings. The fourth-order valence-corrected chi connectivity index (χ4v) is 6.30. The molecule has 2 saturated heterocycles. The molecule has 2 heterocycles. The highest BCUT2D eigenvalue weighted by Crippen LogP contribution is 2.34. The van der Waals surface area contributed by atoms with Crippen LogP contribution in [0.2, 0.25) is 0 Å². The molecule has 0 saturated carbocycles. The van der Waals surface area contributed by atoms with E-state index in [1.165, 1.54) is 34.7 Å². The summed E-state index contributed by atoms with van der Waals surface area (Å²) in [6.45, 7) is 0. The van der Waals surface area contributed by atoms with Gasteiger partial charge in [0.25, 0.3) is 0 Å². The number of ketones is 2. The highest BCUT2D eigenvalue weighted by atomic mass is 32.2. The molecule has 4 atom stereocenters. The minimum Gasteiger partial charge on any atom is -0.302 e. The summed E-state index contributed by atoms with van der Waals surface area (Å²) in [6, 6.07) is 7.25. The minimum atomic E-state index is -0.485. The zero-order valence-electron chi connectivity index (χ0n) is 13.6. The summed E-state index contributed by atoms with van der Waals surface area (Å²) in [4.78, 5) is 37.2. The molecule has 0 amide bonds. The minimum absolute atomic E-state index is 0.0223. The Kier molecular flexibility index (Phi) is 4.99. The van der Waals surface area contributed by atoms with E-state index in [4.69, 9.17) is 0 Å². The van der Waals surface area contributed by atoms with Gasteiger partial charge in [0.2, 0.25) is 0 Å². The molecule has 2 N–H and O–H groups in total. The molecule has 25 heavy (non-hydrogen) atoms. The number of Topliss-reactive ketones (excluding diaryl/α,β-unsaturated/α-hetero) is 2. The predicted octanol–water partition coefficient (Wildman–Crippen LogP) is 0.801. The third-order valence-electron chi connectivity index (χ3n) is 5.24. The first kappa shape index (κ1) is 17.3. The normalized spacial score (nSPS) is 31.8.